The van der Waals surface area contributed by atoms with Gasteiger partial charge in [-0.1, -0.05) is 12.8 Å². The van der Waals surface area contributed by atoms with Crippen molar-refractivity contribution in [3.05, 3.63) is 11.9 Å². The van der Waals surface area contributed by atoms with E-state index in [1.54, 1.807) is 6.92 Å². The van der Waals surface area contributed by atoms with Crippen LogP contribution >= 0.6 is 0 Å². The van der Waals surface area contributed by atoms with Gasteiger partial charge in [0.25, 0.3) is 0 Å². The summed E-state index contributed by atoms with van der Waals surface area (Å²) in [4.78, 5) is 11.0. The Morgan fingerprint density at radius 2 is 2.16 bits per heavy atom. The van der Waals surface area contributed by atoms with Crippen LogP contribution < -0.4 is 0 Å². The molecule has 2 rings (SSSR count). The molecule has 19 heavy (non-hydrogen) atoms. The first-order valence-corrected chi connectivity index (χ1v) is 7.60. The number of H-pyrrole nitrogens is 1. The number of carboxylic acid groups (broad SMARTS) is 1. The van der Waals surface area contributed by atoms with Crippen molar-refractivity contribution < 1.29 is 18.3 Å². The van der Waals surface area contributed by atoms with E-state index < -0.39 is 22.5 Å². The second-order valence-corrected chi connectivity index (χ2v) is 6.60. The number of sulfonamides is 1. The van der Waals surface area contributed by atoms with E-state index >= 15 is 0 Å². The number of hydrogen-bond acceptors (Lipinski definition) is 4. The molecule has 0 aromatic carbocycles. The fourth-order valence-corrected chi connectivity index (χ4v) is 4.22. The largest absolute Gasteiger partial charge is 0.480 e. The maximum atomic E-state index is 12.5. The Morgan fingerprint density at radius 3 is 2.63 bits per heavy atom. The van der Waals surface area contributed by atoms with Crippen LogP contribution in [0.2, 0.25) is 0 Å². The highest BCUT2D eigenvalue weighted by atomic mass is 32.2. The minimum Gasteiger partial charge on any atom is -0.480 e. The van der Waals surface area contributed by atoms with Gasteiger partial charge in [0.15, 0.2) is 0 Å². The van der Waals surface area contributed by atoms with Gasteiger partial charge in [-0.15, -0.1) is 0 Å². The maximum Gasteiger partial charge on any atom is 0.318 e. The molecule has 0 spiro atoms. The topological polar surface area (TPSA) is 103 Å². The van der Waals surface area contributed by atoms with Gasteiger partial charge in [-0.3, -0.25) is 9.89 Å². The van der Waals surface area contributed by atoms with Crippen LogP contribution in [0.3, 0.4) is 0 Å². The fraction of sp³-hybridized carbons (Fsp3) is 0.636. The first kappa shape index (κ1) is 14.0. The number of aliphatic carboxylic acids is 1. The third kappa shape index (κ3) is 2.79. The lowest BCUT2D eigenvalue weighted by atomic mass is 10.2. The zero-order valence-electron chi connectivity index (χ0n) is 10.7. The van der Waals surface area contributed by atoms with Crippen LogP contribution in [0.4, 0.5) is 0 Å². The molecule has 1 aromatic rings. The van der Waals surface area contributed by atoms with E-state index in [0.29, 0.717) is 18.5 Å². The maximum absolute atomic E-state index is 12.5. The van der Waals surface area contributed by atoms with E-state index in [4.69, 9.17) is 5.11 Å². The van der Waals surface area contributed by atoms with Crippen molar-refractivity contribution in [3.63, 3.8) is 0 Å². The van der Waals surface area contributed by atoms with Crippen LogP contribution in [0.25, 0.3) is 0 Å². The average molecular weight is 287 g/mol. The third-order valence-corrected chi connectivity index (χ3v) is 5.41. The molecule has 2 N–H and O–H groups in total. The second kappa shape index (κ2) is 5.30. The molecule has 0 aliphatic heterocycles. The Bertz CT molecular complexity index is 560. The smallest absolute Gasteiger partial charge is 0.318 e. The number of aryl methyl sites for hydroxylation is 1. The number of carbonyl (C=O) groups is 1. The lowest BCUT2D eigenvalue weighted by Crippen LogP contribution is -2.42. The van der Waals surface area contributed by atoms with Gasteiger partial charge in [0.1, 0.15) is 11.4 Å². The van der Waals surface area contributed by atoms with Crippen LogP contribution in [-0.4, -0.2) is 46.6 Å². The van der Waals surface area contributed by atoms with Crippen LogP contribution in [0.5, 0.6) is 0 Å². The van der Waals surface area contributed by atoms with Crippen molar-refractivity contribution in [2.45, 2.75) is 43.5 Å². The number of rotatable bonds is 5. The summed E-state index contributed by atoms with van der Waals surface area (Å²) in [5.41, 5.74) is 0.424. The summed E-state index contributed by atoms with van der Waals surface area (Å²) in [6, 6.07) is -0.226. The number of carboxylic acids is 1. The van der Waals surface area contributed by atoms with E-state index in [9.17, 15) is 13.2 Å². The first-order valence-electron chi connectivity index (χ1n) is 6.16. The molecule has 1 heterocycles. The summed E-state index contributed by atoms with van der Waals surface area (Å²) >= 11 is 0. The fourth-order valence-electron chi connectivity index (χ4n) is 2.46. The summed E-state index contributed by atoms with van der Waals surface area (Å²) in [6.45, 7) is 1.10. The molecule has 0 unspecified atom stereocenters. The number of aromatic amines is 1. The summed E-state index contributed by atoms with van der Waals surface area (Å²) in [5.74, 6) is -1.14. The van der Waals surface area contributed by atoms with Crippen molar-refractivity contribution in [3.8, 4) is 0 Å². The van der Waals surface area contributed by atoms with Crippen LogP contribution in [0, 0.1) is 6.92 Å². The quantitative estimate of drug-likeness (QED) is 0.831. The standard InChI is InChI=1S/C11H17N3O4S/c1-8-10(6-12-13-8)19(17,18)14(7-11(15)16)9-4-2-3-5-9/h6,9H,2-5,7H2,1H3,(H,12,13)(H,15,16). The molecule has 0 bridgehead atoms. The molecule has 1 aliphatic rings. The average Bonchev–Trinajstić information content (AvgIpc) is 2.95. The highest BCUT2D eigenvalue weighted by Crippen LogP contribution is 2.29. The first-order chi connectivity index (χ1) is 8.93. The summed E-state index contributed by atoms with van der Waals surface area (Å²) in [7, 11) is -3.81. The highest BCUT2D eigenvalue weighted by molar-refractivity contribution is 7.89. The minimum atomic E-state index is -3.81. The molecule has 106 valence electrons. The van der Waals surface area contributed by atoms with E-state index in [0.717, 1.165) is 17.1 Å². The molecule has 0 amide bonds. The van der Waals surface area contributed by atoms with Gasteiger partial charge in [0.2, 0.25) is 10.0 Å². The van der Waals surface area contributed by atoms with Gasteiger partial charge in [-0.05, 0) is 19.8 Å². The predicted molar refractivity (Wildman–Crippen MR) is 67.1 cm³/mol. The van der Waals surface area contributed by atoms with Gasteiger partial charge in [0.05, 0.1) is 11.9 Å². The van der Waals surface area contributed by atoms with Gasteiger partial charge in [-0.25, -0.2) is 8.42 Å². The Morgan fingerprint density at radius 1 is 1.53 bits per heavy atom. The molecule has 1 fully saturated rings. The SMILES string of the molecule is Cc1[nH]ncc1S(=O)(=O)N(CC(=O)O)C1CCCC1. The molecule has 8 heteroatoms. The molecule has 7 nitrogen and oxygen atoms in total. The highest BCUT2D eigenvalue weighted by Gasteiger charge is 2.36. The number of aromatic nitrogens is 2. The number of hydrogen-bond donors (Lipinski definition) is 2. The van der Waals surface area contributed by atoms with Gasteiger partial charge in [0, 0.05) is 6.04 Å². The molecule has 1 aliphatic carbocycles. The lowest BCUT2D eigenvalue weighted by molar-refractivity contribution is -0.137. The zero-order valence-corrected chi connectivity index (χ0v) is 11.5. The Labute approximate surface area is 111 Å². The normalized spacial score (nSPS) is 17.2. The molecule has 0 atom stereocenters. The summed E-state index contributed by atoms with van der Waals surface area (Å²) in [5, 5.41) is 15.2. The van der Waals surface area contributed by atoms with Gasteiger partial charge < -0.3 is 5.11 Å². The van der Waals surface area contributed by atoms with Crippen LogP contribution in [0.15, 0.2) is 11.1 Å². The van der Waals surface area contributed by atoms with E-state index in [1.807, 2.05) is 0 Å². The minimum absolute atomic E-state index is 0.0562. The second-order valence-electron chi connectivity index (χ2n) is 4.74. The molecule has 0 radical (unpaired) electrons. The van der Waals surface area contributed by atoms with Crippen LogP contribution in [-0.2, 0) is 14.8 Å². The molecule has 1 aromatic heterocycles. The van der Waals surface area contributed by atoms with Crippen LogP contribution in [0.1, 0.15) is 31.4 Å². The molecular weight excluding hydrogens is 270 g/mol. The van der Waals surface area contributed by atoms with E-state index in [2.05, 4.69) is 10.2 Å². The monoisotopic (exact) mass is 287 g/mol. The summed E-state index contributed by atoms with van der Waals surface area (Å²) in [6.07, 6.45) is 4.52. The van der Waals surface area contributed by atoms with Crippen molar-refractivity contribution in [1.29, 1.82) is 0 Å². The molecular formula is C11H17N3O4S. The zero-order chi connectivity index (χ0) is 14.0. The van der Waals surface area contributed by atoms with Crippen molar-refractivity contribution in [1.82, 2.24) is 14.5 Å². The molecule has 1 saturated carbocycles. The Balaban J connectivity index is 2.36. The van der Waals surface area contributed by atoms with Gasteiger partial charge >= 0.3 is 5.97 Å². The van der Waals surface area contributed by atoms with Crippen molar-refractivity contribution >= 4 is 16.0 Å². The van der Waals surface area contributed by atoms with Crippen molar-refractivity contribution in [2.24, 2.45) is 0 Å². The Hall–Kier alpha value is -1.41. The third-order valence-electron chi connectivity index (χ3n) is 3.39. The van der Waals surface area contributed by atoms with Gasteiger partial charge in [-0.2, -0.15) is 9.40 Å². The number of nitrogens with zero attached hydrogens (tertiary/aromatic N) is 2. The number of nitrogens with one attached hydrogen (secondary N) is 1. The van der Waals surface area contributed by atoms with E-state index in [-0.39, 0.29) is 10.9 Å². The van der Waals surface area contributed by atoms with E-state index in [1.165, 1.54) is 6.20 Å². The summed E-state index contributed by atoms with van der Waals surface area (Å²) < 4.78 is 26.2. The predicted octanol–water partition coefficient (Wildman–Crippen LogP) is 0.736. The lowest BCUT2D eigenvalue weighted by Gasteiger charge is -2.26. The Kier molecular flexibility index (Phi) is 3.91. The molecule has 0 saturated heterocycles. The van der Waals surface area contributed by atoms with Crippen molar-refractivity contribution in [2.75, 3.05) is 6.54 Å².